The van der Waals surface area contributed by atoms with Crippen LogP contribution in [0.15, 0.2) is 40.6 Å². The van der Waals surface area contributed by atoms with Crippen LogP contribution in [0.25, 0.3) is 0 Å². The first-order valence-corrected chi connectivity index (χ1v) is 9.74. The highest BCUT2D eigenvalue weighted by Crippen LogP contribution is 2.10. The number of carbonyl (C=O) groups excluding carboxylic acids is 1. The predicted molar refractivity (Wildman–Crippen MR) is 92.0 cm³/mol. The number of carbonyl (C=O) groups is 2. The summed E-state index contributed by atoms with van der Waals surface area (Å²) in [6.07, 6.45) is 0.420. The number of carboxylic acid groups (broad SMARTS) is 1. The highest BCUT2D eigenvalue weighted by molar-refractivity contribution is 7.89. The third-order valence-corrected chi connectivity index (χ3v) is 5.52. The summed E-state index contributed by atoms with van der Waals surface area (Å²) in [6, 6.07) is 7.91. The number of carboxylic acids is 1. The Balaban J connectivity index is 1.69. The van der Waals surface area contributed by atoms with E-state index in [0.29, 0.717) is 18.0 Å². The number of amides is 1. The van der Waals surface area contributed by atoms with E-state index in [2.05, 4.69) is 15.0 Å². The van der Waals surface area contributed by atoms with Crippen LogP contribution in [0, 0.1) is 0 Å². The zero-order valence-electron chi connectivity index (χ0n) is 13.1. The van der Waals surface area contributed by atoms with Crippen LogP contribution in [0.1, 0.15) is 21.9 Å². The lowest BCUT2D eigenvalue weighted by Crippen LogP contribution is -2.31. The molecule has 0 aliphatic heterocycles. The van der Waals surface area contributed by atoms with Gasteiger partial charge in [0.2, 0.25) is 15.9 Å². The average molecular weight is 383 g/mol. The first-order chi connectivity index (χ1) is 11.9. The number of nitrogens with zero attached hydrogens (tertiary/aromatic N) is 1. The van der Waals surface area contributed by atoms with Crippen molar-refractivity contribution in [3.05, 3.63) is 46.4 Å². The summed E-state index contributed by atoms with van der Waals surface area (Å²) in [6.45, 7) is 0.292. The summed E-state index contributed by atoms with van der Waals surface area (Å²) in [7, 11) is -3.62. The molecule has 134 valence electrons. The molecule has 1 aromatic carbocycles. The summed E-state index contributed by atoms with van der Waals surface area (Å²) in [5, 5.41) is 13.5. The second-order valence-electron chi connectivity index (χ2n) is 4.99. The van der Waals surface area contributed by atoms with Crippen molar-refractivity contribution in [3.8, 4) is 0 Å². The molecule has 1 aromatic heterocycles. The van der Waals surface area contributed by atoms with Gasteiger partial charge in [-0.3, -0.25) is 4.79 Å². The quantitative estimate of drug-likeness (QED) is 0.590. The second kappa shape index (κ2) is 8.70. The third kappa shape index (κ3) is 5.93. The molecule has 0 radical (unpaired) electrons. The number of benzene rings is 1. The van der Waals surface area contributed by atoms with Crippen molar-refractivity contribution in [1.29, 1.82) is 0 Å². The maximum Gasteiger partial charge on any atom is 0.355 e. The molecule has 2 aromatic rings. The van der Waals surface area contributed by atoms with E-state index in [-0.39, 0.29) is 29.5 Å². The largest absolute Gasteiger partial charge is 0.476 e. The fourth-order valence-electron chi connectivity index (χ4n) is 1.90. The Morgan fingerprint density at radius 1 is 1.16 bits per heavy atom. The molecule has 0 atom stereocenters. The van der Waals surface area contributed by atoms with Crippen molar-refractivity contribution in [2.75, 3.05) is 13.1 Å². The molecule has 1 heterocycles. The minimum absolute atomic E-state index is 0.00427. The van der Waals surface area contributed by atoms with E-state index in [1.807, 2.05) is 0 Å². The van der Waals surface area contributed by atoms with Crippen LogP contribution in [-0.4, -0.2) is 43.5 Å². The minimum atomic E-state index is -3.62. The van der Waals surface area contributed by atoms with E-state index in [1.54, 1.807) is 18.2 Å². The van der Waals surface area contributed by atoms with E-state index in [0.717, 1.165) is 0 Å². The molecular formula is C15H17N3O5S2. The Labute approximate surface area is 149 Å². The summed E-state index contributed by atoms with van der Waals surface area (Å²) in [5.41, 5.74) is -0.0124. The minimum Gasteiger partial charge on any atom is -0.476 e. The van der Waals surface area contributed by atoms with Gasteiger partial charge in [0, 0.05) is 31.3 Å². The zero-order chi connectivity index (χ0) is 18.3. The lowest BCUT2D eigenvalue weighted by Gasteiger charge is -2.07. The SMILES string of the molecule is O=C(CCNS(=O)(=O)c1ccccc1)NCCc1nc(C(=O)O)cs1. The number of aromatic carboxylic acids is 1. The average Bonchev–Trinajstić information content (AvgIpc) is 3.05. The molecule has 0 unspecified atom stereocenters. The number of aromatic nitrogens is 1. The van der Waals surface area contributed by atoms with Crippen LogP contribution in [0.2, 0.25) is 0 Å². The third-order valence-electron chi connectivity index (χ3n) is 3.13. The van der Waals surface area contributed by atoms with Crippen molar-refractivity contribution in [2.45, 2.75) is 17.7 Å². The van der Waals surface area contributed by atoms with Crippen LogP contribution in [0.4, 0.5) is 0 Å². The molecule has 10 heteroatoms. The molecule has 0 bridgehead atoms. The maximum atomic E-state index is 12.0. The molecule has 0 aliphatic carbocycles. The molecule has 25 heavy (non-hydrogen) atoms. The molecule has 0 saturated carbocycles. The highest BCUT2D eigenvalue weighted by Gasteiger charge is 2.13. The van der Waals surface area contributed by atoms with Crippen molar-refractivity contribution >= 4 is 33.2 Å². The van der Waals surface area contributed by atoms with Crippen molar-refractivity contribution in [3.63, 3.8) is 0 Å². The van der Waals surface area contributed by atoms with Gasteiger partial charge in [0.25, 0.3) is 0 Å². The fourth-order valence-corrected chi connectivity index (χ4v) is 3.73. The molecule has 0 fully saturated rings. The Bertz CT molecular complexity index is 834. The van der Waals surface area contributed by atoms with Crippen LogP contribution in [0.3, 0.4) is 0 Å². The van der Waals surface area contributed by atoms with E-state index in [9.17, 15) is 18.0 Å². The summed E-state index contributed by atoms with van der Waals surface area (Å²) in [4.78, 5) is 26.5. The molecule has 1 amide bonds. The monoisotopic (exact) mass is 383 g/mol. The smallest absolute Gasteiger partial charge is 0.355 e. The van der Waals surface area contributed by atoms with Gasteiger partial charge in [-0.2, -0.15) is 0 Å². The Morgan fingerprint density at radius 3 is 2.52 bits per heavy atom. The summed E-state index contributed by atoms with van der Waals surface area (Å²) >= 11 is 1.21. The number of thiazole rings is 1. The van der Waals surface area contributed by atoms with Gasteiger partial charge in [-0.05, 0) is 12.1 Å². The molecular weight excluding hydrogens is 366 g/mol. The Morgan fingerprint density at radius 2 is 1.88 bits per heavy atom. The van der Waals surface area contributed by atoms with E-state index in [1.165, 1.54) is 28.8 Å². The standard InChI is InChI=1S/C15H17N3O5S2/c19-13(16-8-7-14-18-12(10-24-14)15(20)21)6-9-17-25(22,23)11-4-2-1-3-5-11/h1-5,10,17H,6-9H2,(H,16,19)(H,20,21). The molecule has 0 saturated heterocycles. The van der Waals surface area contributed by atoms with Crippen LogP contribution >= 0.6 is 11.3 Å². The van der Waals surface area contributed by atoms with Gasteiger partial charge in [-0.25, -0.2) is 22.9 Å². The van der Waals surface area contributed by atoms with E-state index in [4.69, 9.17) is 5.11 Å². The molecule has 3 N–H and O–H groups in total. The topological polar surface area (TPSA) is 125 Å². The lowest BCUT2D eigenvalue weighted by atomic mass is 10.3. The number of hydrogen-bond acceptors (Lipinski definition) is 6. The normalized spacial score (nSPS) is 11.2. The van der Waals surface area contributed by atoms with Gasteiger partial charge in [-0.15, -0.1) is 11.3 Å². The van der Waals surface area contributed by atoms with E-state index < -0.39 is 16.0 Å². The molecule has 0 aliphatic rings. The van der Waals surface area contributed by atoms with Gasteiger partial charge in [0.15, 0.2) is 5.69 Å². The first kappa shape index (κ1) is 19.0. The number of nitrogens with one attached hydrogen (secondary N) is 2. The number of hydrogen-bond donors (Lipinski definition) is 3. The summed E-state index contributed by atoms with van der Waals surface area (Å²) in [5.74, 6) is -1.39. The van der Waals surface area contributed by atoms with Crippen molar-refractivity contribution < 1.29 is 23.1 Å². The van der Waals surface area contributed by atoms with Crippen molar-refractivity contribution in [2.24, 2.45) is 0 Å². The van der Waals surface area contributed by atoms with E-state index >= 15 is 0 Å². The highest BCUT2D eigenvalue weighted by atomic mass is 32.2. The van der Waals surface area contributed by atoms with Crippen molar-refractivity contribution in [1.82, 2.24) is 15.0 Å². The zero-order valence-corrected chi connectivity index (χ0v) is 14.8. The predicted octanol–water partition coefficient (Wildman–Crippen LogP) is 0.869. The van der Waals surface area contributed by atoms with Crippen LogP contribution in [0.5, 0.6) is 0 Å². The molecule has 0 spiro atoms. The lowest BCUT2D eigenvalue weighted by molar-refractivity contribution is -0.120. The van der Waals surface area contributed by atoms with Gasteiger partial charge in [-0.1, -0.05) is 18.2 Å². The molecule has 2 rings (SSSR count). The fraction of sp³-hybridized carbons (Fsp3) is 0.267. The Hall–Kier alpha value is -2.30. The summed E-state index contributed by atoms with van der Waals surface area (Å²) < 4.78 is 26.3. The first-order valence-electron chi connectivity index (χ1n) is 7.37. The Kier molecular flexibility index (Phi) is 6.62. The van der Waals surface area contributed by atoms with Gasteiger partial charge in [0.1, 0.15) is 0 Å². The molecule has 8 nitrogen and oxygen atoms in total. The second-order valence-corrected chi connectivity index (χ2v) is 7.70. The van der Waals surface area contributed by atoms with Gasteiger partial charge in [0.05, 0.1) is 9.90 Å². The maximum absolute atomic E-state index is 12.0. The van der Waals surface area contributed by atoms with Gasteiger partial charge >= 0.3 is 5.97 Å². The van der Waals surface area contributed by atoms with Crippen LogP contribution in [-0.2, 0) is 21.2 Å². The number of sulfonamides is 1. The number of rotatable bonds is 9. The van der Waals surface area contributed by atoms with Crippen LogP contribution < -0.4 is 10.0 Å². The van der Waals surface area contributed by atoms with Gasteiger partial charge < -0.3 is 10.4 Å².